The second kappa shape index (κ2) is 5.39. The number of hydrogen-bond donors (Lipinski definition) is 1. The maximum absolute atomic E-state index is 11.3. The van der Waals surface area contributed by atoms with Gasteiger partial charge in [-0.2, -0.15) is 0 Å². The second-order valence-electron chi connectivity index (χ2n) is 2.40. The van der Waals surface area contributed by atoms with Gasteiger partial charge in [0.1, 0.15) is 0 Å². The van der Waals surface area contributed by atoms with Gasteiger partial charge in [-0.3, -0.25) is 9.59 Å². The second-order valence-corrected chi connectivity index (χ2v) is 3.24. The Labute approximate surface area is 89.4 Å². The average molecular weight is 258 g/mol. The minimum atomic E-state index is -0.958. The van der Waals surface area contributed by atoms with Crippen molar-refractivity contribution in [2.45, 2.75) is 5.01 Å². The topological polar surface area (TPSA) is 55.4 Å². The first kappa shape index (κ1) is 10.7. The Balaban J connectivity index is 2.53. The summed E-state index contributed by atoms with van der Waals surface area (Å²) in [5.74, 6) is -0.427. The molecule has 0 aliphatic carbocycles. The Morgan fingerprint density at radius 2 is 2.07 bits per heavy atom. The van der Waals surface area contributed by atoms with Gasteiger partial charge >= 0.3 is 0 Å². The molecule has 0 saturated heterocycles. The summed E-state index contributed by atoms with van der Waals surface area (Å²) in [6, 6.07) is 8.89. The molecule has 1 unspecified atom stereocenters. The lowest BCUT2D eigenvalue weighted by atomic mass is 10.3. The molecule has 0 spiro atoms. The quantitative estimate of drug-likeness (QED) is 0.658. The average Bonchev–Trinajstić information content (AvgIpc) is 2.19. The molecule has 0 bridgehead atoms. The summed E-state index contributed by atoms with van der Waals surface area (Å²) in [6.07, 6.45) is 0. The van der Waals surface area contributed by atoms with Crippen LogP contribution in [-0.4, -0.2) is 17.4 Å². The van der Waals surface area contributed by atoms with Gasteiger partial charge in [0.2, 0.25) is 5.01 Å². The normalized spacial score (nSPS) is 11.5. The van der Waals surface area contributed by atoms with Crippen LogP contribution in [0.3, 0.4) is 0 Å². The molecule has 1 amide bonds. The fourth-order valence-electron chi connectivity index (χ4n) is 0.831. The molecule has 1 aromatic rings. The van der Waals surface area contributed by atoms with Crippen LogP contribution in [0.2, 0.25) is 0 Å². The third-order valence-electron chi connectivity index (χ3n) is 1.42. The van der Waals surface area contributed by atoms with Crippen LogP contribution in [0.1, 0.15) is 0 Å². The Morgan fingerprint density at radius 3 is 2.64 bits per heavy atom. The minimum absolute atomic E-state index is 0.212. The van der Waals surface area contributed by atoms with Crippen LogP contribution in [0.15, 0.2) is 30.3 Å². The van der Waals surface area contributed by atoms with E-state index >= 15 is 0 Å². The van der Waals surface area contributed by atoms with Gasteiger partial charge in [0.25, 0.3) is 12.4 Å². The van der Waals surface area contributed by atoms with Crippen molar-refractivity contribution in [1.82, 2.24) is 0 Å². The lowest BCUT2D eigenvalue weighted by Gasteiger charge is -2.08. The van der Waals surface area contributed by atoms with Crippen LogP contribution < -0.4 is 5.32 Å². The number of alkyl halides is 1. The minimum Gasteiger partial charge on any atom is -0.443 e. The van der Waals surface area contributed by atoms with Gasteiger partial charge in [0.05, 0.1) is 0 Å². The molecule has 1 aromatic carbocycles. The maximum atomic E-state index is 11.3. The van der Waals surface area contributed by atoms with E-state index in [0.29, 0.717) is 5.69 Å². The summed E-state index contributed by atoms with van der Waals surface area (Å²) in [7, 11) is 0. The van der Waals surface area contributed by atoms with Crippen LogP contribution in [0, 0.1) is 0 Å². The Bertz CT molecular complexity index is 315. The first-order chi connectivity index (χ1) is 6.74. The standard InChI is InChI=1S/C9H8BrNO3/c10-8(14-6-12)9(13)11-7-4-2-1-3-5-7/h1-6,8H,(H,11,13). The summed E-state index contributed by atoms with van der Waals surface area (Å²) in [6.45, 7) is 0.212. The van der Waals surface area contributed by atoms with Gasteiger partial charge in [0, 0.05) is 5.69 Å². The van der Waals surface area contributed by atoms with Crippen LogP contribution in [-0.2, 0) is 14.3 Å². The zero-order valence-corrected chi connectivity index (χ0v) is 8.73. The predicted octanol–water partition coefficient (Wildman–Crippen LogP) is 1.52. The number of anilines is 1. The van der Waals surface area contributed by atoms with Gasteiger partial charge in [-0.1, -0.05) is 18.2 Å². The van der Waals surface area contributed by atoms with Crippen LogP contribution >= 0.6 is 15.9 Å². The third kappa shape index (κ3) is 3.18. The number of amides is 1. The first-order valence-corrected chi connectivity index (χ1v) is 4.74. The van der Waals surface area contributed by atoms with E-state index in [4.69, 9.17) is 0 Å². The summed E-state index contributed by atoms with van der Waals surface area (Å²) < 4.78 is 4.40. The summed E-state index contributed by atoms with van der Waals surface area (Å²) in [5, 5.41) is 1.60. The maximum Gasteiger partial charge on any atom is 0.294 e. The third-order valence-corrected chi connectivity index (χ3v) is 2.05. The van der Waals surface area contributed by atoms with Gasteiger partial charge in [-0.25, -0.2) is 0 Å². The van der Waals surface area contributed by atoms with E-state index in [2.05, 4.69) is 26.0 Å². The Morgan fingerprint density at radius 1 is 1.43 bits per heavy atom. The first-order valence-electron chi connectivity index (χ1n) is 3.83. The van der Waals surface area contributed by atoms with Crippen molar-refractivity contribution in [1.29, 1.82) is 0 Å². The van der Waals surface area contributed by atoms with Crippen LogP contribution in [0.5, 0.6) is 0 Å². The van der Waals surface area contributed by atoms with Crippen LogP contribution in [0.25, 0.3) is 0 Å². The van der Waals surface area contributed by atoms with Gasteiger partial charge < -0.3 is 10.1 Å². The number of para-hydroxylation sites is 1. The van der Waals surface area contributed by atoms with E-state index in [1.165, 1.54) is 0 Å². The zero-order chi connectivity index (χ0) is 10.4. The molecule has 0 aliphatic heterocycles. The van der Waals surface area contributed by atoms with Crippen molar-refractivity contribution in [3.63, 3.8) is 0 Å². The highest BCUT2D eigenvalue weighted by Gasteiger charge is 2.14. The van der Waals surface area contributed by atoms with Crippen molar-refractivity contribution >= 4 is 34.0 Å². The number of nitrogens with one attached hydrogen (secondary N) is 1. The fraction of sp³-hybridized carbons (Fsp3) is 0.111. The molecule has 1 N–H and O–H groups in total. The number of ether oxygens (including phenoxy) is 1. The number of carbonyl (C=O) groups is 2. The molecule has 74 valence electrons. The smallest absolute Gasteiger partial charge is 0.294 e. The molecule has 5 heteroatoms. The van der Waals surface area contributed by atoms with Crippen molar-refractivity contribution in [3.05, 3.63) is 30.3 Å². The number of carbonyl (C=O) groups excluding carboxylic acids is 2. The Kier molecular flexibility index (Phi) is 4.12. The number of benzene rings is 1. The molecule has 0 aromatic heterocycles. The zero-order valence-electron chi connectivity index (χ0n) is 7.14. The molecule has 4 nitrogen and oxygen atoms in total. The van der Waals surface area contributed by atoms with E-state index in [-0.39, 0.29) is 6.47 Å². The van der Waals surface area contributed by atoms with E-state index in [9.17, 15) is 9.59 Å². The molecular formula is C9H8BrNO3. The van der Waals surface area contributed by atoms with Crippen molar-refractivity contribution in [3.8, 4) is 0 Å². The molecule has 1 atom stereocenters. The van der Waals surface area contributed by atoms with E-state index in [1.807, 2.05) is 6.07 Å². The number of rotatable bonds is 4. The Hall–Kier alpha value is -1.36. The molecule has 0 aliphatic rings. The van der Waals surface area contributed by atoms with Gasteiger partial charge in [0.15, 0.2) is 0 Å². The lowest BCUT2D eigenvalue weighted by Crippen LogP contribution is -2.24. The van der Waals surface area contributed by atoms with E-state index in [0.717, 1.165) is 0 Å². The largest absolute Gasteiger partial charge is 0.443 e. The molecule has 1 rings (SSSR count). The summed E-state index contributed by atoms with van der Waals surface area (Å²) in [4.78, 5) is 21.2. The molecule has 0 saturated carbocycles. The van der Waals surface area contributed by atoms with E-state index < -0.39 is 10.9 Å². The summed E-state index contributed by atoms with van der Waals surface area (Å²) in [5.41, 5.74) is 0.649. The number of halogens is 1. The highest BCUT2D eigenvalue weighted by Crippen LogP contribution is 2.08. The van der Waals surface area contributed by atoms with Crippen molar-refractivity contribution in [2.24, 2.45) is 0 Å². The molecule has 0 radical (unpaired) electrons. The fourth-order valence-corrected chi connectivity index (χ4v) is 1.03. The molecule has 0 heterocycles. The number of hydrogen-bond acceptors (Lipinski definition) is 3. The monoisotopic (exact) mass is 257 g/mol. The molecule has 14 heavy (non-hydrogen) atoms. The molecular weight excluding hydrogens is 250 g/mol. The molecule has 0 fully saturated rings. The van der Waals surface area contributed by atoms with Crippen molar-refractivity contribution in [2.75, 3.05) is 5.32 Å². The highest BCUT2D eigenvalue weighted by atomic mass is 79.9. The van der Waals surface area contributed by atoms with Crippen molar-refractivity contribution < 1.29 is 14.3 Å². The highest BCUT2D eigenvalue weighted by molar-refractivity contribution is 9.09. The van der Waals surface area contributed by atoms with E-state index in [1.54, 1.807) is 24.3 Å². The SMILES string of the molecule is O=COC(Br)C(=O)Nc1ccccc1. The van der Waals surface area contributed by atoms with Gasteiger partial charge in [-0.05, 0) is 28.1 Å². The lowest BCUT2D eigenvalue weighted by molar-refractivity contribution is -0.136. The predicted molar refractivity (Wildman–Crippen MR) is 54.9 cm³/mol. The van der Waals surface area contributed by atoms with Gasteiger partial charge in [-0.15, -0.1) is 0 Å². The van der Waals surface area contributed by atoms with Crippen LogP contribution in [0.4, 0.5) is 5.69 Å². The summed E-state index contributed by atoms with van der Waals surface area (Å²) >= 11 is 2.90.